The molecule has 0 saturated heterocycles. The number of halogens is 1. The fourth-order valence-corrected chi connectivity index (χ4v) is 3.00. The van der Waals surface area contributed by atoms with Crippen molar-refractivity contribution in [3.05, 3.63) is 23.5 Å². The Morgan fingerprint density at radius 2 is 2.18 bits per heavy atom. The van der Waals surface area contributed by atoms with E-state index in [0.717, 1.165) is 43.2 Å². The van der Waals surface area contributed by atoms with Crippen molar-refractivity contribution < 1.29 is 9.32 Å². The van der Waals surface area contributed by atoms with Crippen LogP contribution in [0.15, 0.2) is 16.8 Å². The highest BCUT2D eigenvalue weighted by Gasteiger charge is 2.34. The van der Waals surface area contributed by atoms with Crippen molar-refractivity contribution in [3.63, 3.8) is 0 Å². The maximum absolute atomic E-state index is 12.5. The van der Waals surface area contributed by atoms with E-state index in [1.54, 1.807) is 6.07 Å². The quantitative estimate of drug-likeness (QED) is 0.899. The minimum Gasteiger partial charge on any atom is -0.345 e. The molecule has 0 spiro atoms. The highest BCUT2D eigenvalue weighted by Crippen LogP contribution is 2.29. The predicted molar refractivity (Wildman–Crippen MR) is 86.1 cm³/mol. The number of nitrogens with zero attached hydrogens (tertiary/aromatic N) is 2. The molecule has 1 amide bonds. The molecular formula is C15H21ClN4O2. The standard InChI is InChI=1S/C15H20N4O2.ClH/c1-2-12-11-7-10(8-17-14(11)21-19-12)13(20)18-15(9-16)5-3-4-6-15;/h7-8H,2-6,9,16H2,1H3,(H,18,20);1H. The Morgan fingerprint density at radius 1 is 1.45 bits per heavy atom. The summed E-state index contributed by atoms with van der Waals surface area (Å²) in [6.07, 6.45) is 6.38. The third kappa shape index (κ3) is 2.94. The van der Waals surface area contributed by atoms with Gasteiger partial charge >= 0.3 is 0 Å². The Bertz CT molecular complexity index is 665. The fourth-order valence-electron chi connectivity index (χ4n) is 3.00. The monoisotopic (exact) mass is 324 g/mol. The molecule has 0 unspecified atom stereocenters. The smallest absolute Gasteiger partial charge is 0.257 e. The number of carbonyl (C=O) groups is 1. The number of fused-ring (bicyclic) bond motifs is 1. The number of nitrogens with one attached hydrogen (secondary N) is 1. The summed E-state index contributed by atoms with van der Waals surface area (Å²) in [5, 5.41) is 7.86. The topological polar surface area (TPSA) is 94.0 Å². The molecule has 2 aromatic rings. The summed E-state index contributed by atoms with van der Waals surface area (Å²) in [6.45, 7) is 2.47. The number of aromatic nitrogens is 2. The molecule has 1 aliphatic rings. The van der Waals surface area contributed by atoms with Gasteiger partial charge in [-0.1, -0.05) is 24.9 Å². The normalized spacial score (nSPS) is 16.5. The van der Waals surface area contributed by atoms with Crippen LogP contribution in [0.3, 0.4) is 0 Å². The molecule has 6 nitrogen and oxygen atoms in total. The third-order valence-electron chi connectivity index (χ3n) is 4.33. The van der Waals surface area contributed by atoms with Crippen molar-refractivity contribution in [1.82, 2.24) is 15.5 Å². The van der Waals surface area contributed by atoms with Gasteiger partial charge in [0.05, 0.1) is 22.2 Å². The Labute approximate surface area is 135 Å². The van der Waals surface area contributed by atoms with Gasteiger partial charge < -0.3 is 15.6 Å². The Kier molecular flexibility index (Phi) is 5.03. The van der Waals surface area contributed by atoms with Crippen molar-refractivity contribution in [2.24, 2.45) is 5.73 Å². The van der Waals surface area contributed by atoms with Crippen molar-refractivity contribution in [2.75, 3.05) is 6.54 Å². The Morgan fingerprint density at radius 3 is 2.82 bits per heavy atom. The maximum Gasteiger partial charge on any atom is 0.257 e. The van der Waals surface area contributed by atoms with Crippen LogP contribution in [0.2, 0.25) is 0 Å². The van der Waals surface area contributed by atoms with Crippen molar-refractivity contribution in [2.45, 2.75) is 44.6 Å². The van der Waals surface area contributed by atoms with Gasteiger partial charge in [0.15, 0.2) is 0 Å². The summed E-state index contributed by atoms with van der Waals surface area (Å²) in [5.74, 6) is -0.125. The third-order valence-corrected chi connectivity index (χ3v) is 4.33. The number of carbonyl (C=O) groups excluding carboxylic acids is 1. The first-order chi connectivity index (χ1) is 10.2. The van der Waals surface area contributed by atoms with E-state index in [1.807, 2.05) is 6.92 Å². The molecule has 1 aliphatic carbocycles. The average molecular weight is 325 g/mol. The zero-order valence-corrected chi connectivity index (χ0v) is 13.4. The van der Waals surface area contributed by atoms with Crippen LogP contribution in [0.25, 0.3) is 11.1 Å². The van der Waals surface area contributed by atoms with Gasteiger partial charge in [-0.25, -0.2) is 4.98 Å². The van der Waals surface area contributed by atoms with Crippen molar-refractivity contribution in [1.29, 1.82) is 0 Å². The van der Waals surface area contributed by atoms with E-state index in [2.05, 4.69) is 15.5 Å². The largest absolute Gasteiger partial charge is 0.345 e. The first kappa shape index (κ1) is 16.7. The molecule has 3 rings (SSSR count). The van der Waals surface area contributed by atoms with Crippen LogP contribution in [0.4, 0.5) is 0 Å². The summed E-state index contributed by atoms with van der Waals surface area (Å²) in [5.41, 5.74) is 7.42. The predicted octanol–water partition coefficient (Wildman–Crippen LogP) is 2.21. The molecular weight excluding hydrogens is 304 g/mol. The molecule has 0 radical (unpaired) electrons. The van der Waals surface area contributed by atoms with E-state index >= 15 is 0 Å². The van der Waals surface area contributed by atoms with Gasteiger partial charge in [0.25, 0.3) is 11.6 Å². The molecule has 3 N–H and O–H groups in total. The molecule has 1 fully saturated rings. The highest BCUT2D eigenvalue weighted by atomic mass is 35.5. The lowest BCUT2D eigenvalue weighted by Gasteiger charge is -2.28. The second kappa shape index (κ2) is 6.62. The Balaban J connectivity index is 0.00000176. The molecule has 1 saturated carbocycles. The van der Waals surface area contributed by atoms with Crippen molar-refractivity contribution in [3.8, 4) is 0 Å². The second-order valence-electron chi connectivity index (χ2n) is 5.71. The summed E-state index contributed by atoms with van der Waals surface area (Å²) < 4.78 is 5.14. The summed E-state index contributed by atoms with van der Waals surface area (Å²) in [7, 11) is 0. The van der Waals surface area contributed by atoms with Crippen LogP contribution in [-0.2, 0) is 6.42 Å². The van der Waals surface area contributed by atoms with Crippen LogP contribution >= 0.6 is 12.4 Å². The first-order valence-electron chi connectivity index (χ1n) is 7.44. The Hall–Kier alpha value is -1.66. The molecule has 22 heavy (non-hydrogen) atoms. The average Bonchev–Trinajstić information content (AvgIpc) is 3.13. The zero-order chi connectivity index (χ0) is 14.9. The van der Waals surface area contributed by atoms with E-state index in [-0.39, 0.29) is 23.9 Å². The zero-order valence-electron chi connectivity index (χ0n) is 12.6. The lowest BCUT2D eigenvalue weighted by molar-refractivity contribution is 0.0903. The summed E-state index contributed by atoms with van der Waals surface area (Å²) in [6, 6.07) is 1.80. The SMILES string of the molecule is CCc1noc2ncc(C(=O)NC3(CN)CCCC3)cc12.Cl. The molecule has 0 aromatic carbocycles. The molecule has 0 bridgehead atoms. The molecule has 0 atom stereocenters. The van der Waals surface area contributed by atoms with Gasteiger partial charge in [-0.2, -0.15) is 0 Å². The van der Waals surface area contributed by atoms with Crippen LogP contribution in [0.5, 0.6) is 0 Å². The fraction of sp³-hybridized carbons (Fsp3) is 0.533. The van der Waals surface area contributed by atoms with E-state index in [9.17, 15) is 4.79 Å². The molecule has 120 valence electrons. The van der Waals surface area contributed by atoms with Gasteiger partial charge in [-0.05, 0) is 25.3 Å². The van der Waals surface area contributed by atoms with E-state index in [4.69, 9.17) is 10.3 Å². The second-order valence-corrected chi connectivity index (χ2v) is 5.71. The van der Waals surface area contributed by atoms with Crippen molar-refractivity contribution >= 4 is 29.4 Å². The lowest BCUT2D eigenvalue weighted by Crippen LogP contribution is -2.51. The minimum atomic E-state index is -0.256. The van der Waals surface area contributed by atoms with Crippen LogP contribution in [-0.4, -0.2) is 28.1 Å². The number of hydrogen-bond donors (Lipinski definition) is 2. The number of rotatable bonds is 4. The summed E-state index contributed by atoms with van der Waals surface area (Å²) in [4.78, 5) is 16.6. The number of hydrogen-bond acceptors (Lipinski definition) is 5. The van der Waals surface area contributed by atoms with Gasteiger partial charge in [-0.15, -0.1) is 12.4 Å². The minimum absolute atomic E-state index is 0. The molecule has 2 aromatic heterocycles. The summed E-state index contributed by atoms with van der Waals surface area (Å²) >= 11 is 0. The van der Waals surface area contributed by atoms with Gasteiger partial charge in [0.2, 0.25) is 0 Å². The number of amides is 1. The molecule has 7 heteroatoms. The van der Waals surface area contributed by atoms with E-state index in [1.165, 1.54) is 6.20 Å². The lowest BCUT2D eigenvalue weighted by atomic mass is 9.97. The first-order valence-corrected chi connectivity index (χ1v) is 7.44. The van der Waals surface area contributed by atoms with Gasteiger partial charge in [0, 0.05) is 12.7 Å². The van der Waals surface area contributed by atoms with Gasteiger partial charge in [-0.3, -0.25) is 4.79 Å². The maximum atomic E-state index is 12.5. The van der Waals surface area contributed by atoms with E-state index < -0.39 is 0 Å². The molecule has 2 heterocycles. The highest BCUT2D eigenvalue weighted by molar-refractivity contribution is 5.97. The van der Waals surface area contributed by atoms with Crippen LogP contribution in [0.1, 0.15) is 48.7 Å². The van der Waals surface area contributed by atoms with Crippen LogP contribution in [0, 0.1) is 0 Å². The van der Waals surface area contributed by atoms with E-state index in [0.29, 0.717) is 17.8 Å². The number of aryl methyl sites for hydroxylation is 1. The number of pyridine rings is 1. The van der Waals surface area contributed by atoms with Crippen LogP contribution < -0.4 is 11.1 Å². The number of nitrogens with two attached hydrogens (primary N) is 1. The molecule has 0 aliphatic heterocycles. The van der Waals surface area contributed by atoms with Gasteiger partial charge in [0.1, 0.15) is 0 Å².